The van der Waals surface area contributed by atoms with E-state index in [0.29, 0.717) is 23.0 Å². The number of hydrogen-bond donors (Lipinski definition) is 1. The first-order valence-corrected chi connectivity index (χ1v) is 7.72. The van der Waals surface area contributed by atoms with E-state index in [9.17, 15) is 18.7 Å². The van der Waals surface area contributed by atoms with Gasteiger partial charge in [-0.2, -0.15) is 0 Å². The third-order valence-corrected chi connectivity index (χ3v) is 4.31. The number of methoxy groups -OCH3 is 1. The van der Waals surface area contributed by atoms with E-state index in [4.69, 9.17) is 4.74 Å². The molecule has 2 aromatic carbocycles. The van der Waals surface area contributed by atoms with Crippen molar-refractivity contribution in [3.63, 3.8) is 0 Å². The summed E-state index contributed by atoms with van der Waals surface area (Å²) in [5, 5.41) is 9.84. The van der Waals surface area contributed by atoms with Crippen LogP contribution in [0.15, 0.2) is 36.4 Å². The molecular formula is C19H17F2NO3. The fourth-order valence-corrected chi connectivity index (χ4v) is 3.05. The van der Waals surface area contributed by atoms with Crippen LogP contribution in [0.5, 0.6) is 5.75 Å². The lowest BCUT2D eigenvalue weighted by molar-refractivity contribution is -0.136. The van der Waals surface area contributed by atoms with Crippen LogP contribution in [-0.4, -0.2) is 22.8 Å². The molecule has 0 saturated carbocycles. The highest BCUT2D eigenvalue weighted by Crippen LogP contribution is 2.32. The number of hydrogen-bond acceptors (Lipinski definition) is 2. The highest BCUT2D eigenvalue weighted by molar-refractivity contribution is 5.90. The molecule has 0 radical (unpaired) electrons. The molecule has 0 bridgehead atoms. The van der Waals surface area contributed by atoms with Gasteiger partial charge in [0.15, 0.2) is 11.6 Å². The van der Waals surface area contributed by atoms with Crippen LogP contribution in [0.25, 0.3) is 10.9 Å². The molecule has 0 aliphatic rings. The molecule has 0 amide bonds. The summed E-state index contributed by atoms with van der Waals surface area (Å²) in [6.07, 6.45) is -0.173. The molecule has 0 fully saturated rings. The quantitative estimate of drug-likeness (QED) is 0.763. The summed E-state index contributed by atoms with van der Waals surface area (Å²) in [5.74, 6) is -1.75. The SMILES string of the molecule is COc1cc2c(CC(=O)O)c(C)n(Cc3ccc(F)cc3)c2cc1F. The van der Waals surface area contributed by atoms with Crippen molar-refractivity contribution >= 4 is 16.9 Å². The monoisotopic (exact) mass is 345 g/mol. The third kappa shape index (κ3) is 3.20. The molecule has 0 spiro atoms. The number of rotatable bonds is 5. The molecule has 0 saturated heterocycles. The fraction of sp³-hybridized carbons (Fsp3) is 0.211. The molecule has 3 rings (SSSR count). The second-order valence-corrected chi connectivity index (χ2v) is 5.85. The summed E-state index contributed by atoms with van der Waals surface area (Å²) < 4.78 is 34.2. The van der Waals surface area contributed by atoms with Crippen LogP contribution in [0.1, 0.15) is 16.8 Å². The Morgan fingerprint density at radius 2 is 1.88 bits per heavy atom. The smallest absolute Gasteiger partial charge is 0.307 e. The summed E-state index contributed by atoms with van der Waals surface area (Å²) in [6.45, 7) is 2.18. The fourth-order valence-electron chi connectivity index (χ4n) is 3.05. The van der Waals surface area contributed by atoms with Crippen molar-refractivity contribution < 1.29 is 23.4 Å². The van der Waals surface area contributed by atoms with E-state index in [1.807, 2.05) is 4.57 Å². The minimum atomic E-state index is -0.966. The van der Waals surface area contributed by atoms with Gasteiger partial charge in [-0.1, -0.05) is 12.1 Å². The summed E-state index contributed by atoms with van der Waals surface area (Å²) in [4.78, 5) is 11.2. The Labute approximate surface area is 143 Å². The molecule has 6 heteroatoms. The van der Waals surface area contributed by atoms with Crippen molar-refractivity contribution in [3.05, 3.63) is 64.9 Å². The van der Waals surface area contributed by atoms with Crippen LogP contribution in [-0.2, 0) is 17.8 Å². The number of aliphatic carboxylic acids is 1. The predicted molar refractivity (Wildman–Crippen MR) is 90.0 cm³/mol. The van der Waals surface area contributed by atoms with Crippen molar-refractivity contribution in [2.24, 2.45) is 0 Å². The van der Waals surface area contributed by atoms with Crippen LogP contribution in [0.2, 0.25) is 0 Å². The summed E-state index contributed by atoms with van der Waals surface area (Å²) in [5.41, 5.74) is 2.76. The molecular weight excluding hydrogens is 328 g/mol. The Kier molecular flexibility index (Phi) is 4.44. The van der Waals surface area contributed by atoms with Gasteiger partial charge >= 0.3 is 5.97 Å². The van der Waals surface area contributed by atoms with E-state index in [2.05, 4.69) is 0 Å². The van der Waals surface area contributed by atoms with Gasteiger partial charge in [-0.05, 0) is 36.2 Å². The van der Waals surface area contributed by atoms with Crippen LogP contribution in [0.3, 0.4) is 0 Å². The largest absolute Gasteiger partial charge is 0.494 e. The van der Waals surface area contributed by atoms with E-state index in [-0.39, 0.29) is 18.0 Å². The first-order chi connectivity index (χ1) is 11.9. The van der Waals surface area contributed by atoms with Gasteiger partial charge in [-0.15, -0.1) is 0 Å². The van der Waals surface area contributed by atoms with E-state index < -0.39 is 11.8 Å². The van der Waals surface area contributed by atoms with Gasteiger partial charge in [-0.3, -0.25) is 4.79 Å². The van der Waals surface area contributed by atoms with Crippen LogP contribution < -0.4 is 4.74 Å². The van der Waals surface area contributed by atoms with E-state index >= 15 is 0 Å². The topological polar surface area (TPSA) is 51.5 Å². The average Bonchev–Trinajstić information content (AvgIpc) is 2.80. The molecule has 4 nitrogen and oxygen atoms in total. The van der Waals surface area contributed by atoms with Crippen LogP contribution in [0, 0.1) is 18.6 Å². The van der Waals surface area contributed by atoms with E-state index in [0.717, 1.165) is 11.3 Å². The number of carbonyl (C=O) groups is 1. The number of ether oxygens (including phenoxy) is 1. The first-order valence-electron chi connectivity index (χ1n) is 7.72. The Bertz CT molecular complexity index is 946. The number of halogens is 2. The molecule has 130 valence electrons. The lowest BCUT2D eigenvalue weighted by Gasteiger charge is -2.10. The Hall–Kier alpha value is -2.89. The zero-order valence-corrected chi connectivity index (χ0v) is 13.8. The average molecular weight is 345 g/mol. The summed E-state index contributed by atoms with van der Waals surface area (Å²) in [7, 11) is 1.36. The summed E-state index contributed by atoms with van der Waals surface area (Å²) in [6, 6.07) is 8.89. The minimum Gasteiger partial charge on any atom is -0.494 e. The molecule has 1 N–H and O–H groups in total. The maximum Gasteiger partial charge on any atom is 0.307 e. The Balaban J connectivity index is 2.19. The normalized spacial score (nSPS) is 11.0. The number of carboxylic acid groups (broad SMARTS) is 1. The lowest BCUT2D eigenvalue weighted by atomic mass is 10.1. The van der Waals surface area contributed by atoms with Gasteiger partial charge in [0.25, 0.3) is 0 Å². The van der Waals surface area contributed by atoms with Gasteiger partial charge in [-0.25, -0.2) is 8.78 Å². The lowest BCUT2D eigenvalue weighted by Crippen LogP contribution is -2.05. The summed E-state index contributed by atoms with van der Waals surface area (Å²) >= 11 is 0. The van der Waals surface area contributed by atoms with Crippen molar-refractivity contribution in [2.45, 2.75) is 19.9 Å². The molecule has 1 heterocycles. The van der Waals surface area contributed by atoms with Gasteiger partial charge in [0.1, 0.15) is 5.82 Å². The number of carboxylic acids is 1. The van der Waals surface area contributed by atoms with Gasteiger partial charge < -0.3 is 14.4 Å². The predicted octanol–water partition coefficient (Wildman–Crippen LogP) is 3.91. The number of nitrogens with zero attached hydrogens (tertiary/aromatic N) is 1. The second-order valence-electron chi connectivity index (χ2n) is 5.85. The Morgan fingerprint density at radius 3 is 2.48 bits per heavy atom. The molecule has 0 atom stereocenters. The second kappa shape index (κ2) is 6.55. The van der Waals surface area contributed by atoms with Crippen molar-refractivity contribution in [1.29, 1.82) is 0 Å². The molecule has 0 unspecified atom stereocenters. The van der Waals surface area contributed by atoms with Crippen molar-refractivity contribution in [2.75, 3.05) is 7.11 Å². The van der Waals surface area contributed by atoms with Gasteiger partial charge in [0.2, 0.25) is 0 Å². The molecule has 0 aliphatic carbocycles. The van der Waals surface area contributed by atoms with Crippen LogP contribution >= 0.6 is 0 Å². The maximum atomic E-state index is 14.2. The van der Waals surface area contributed by atoms with Gasteiger partial charge in [0.05, 0.1) is 19.0 Å². The zero-order valence-electron chi connectivity index (χ0n) is 13.8. The minimum absolute atomic E-state index is 0.0677. The first kappa shape index (κ1) is 17.0. The van der Waals surface area contributed by atoms with Crippen molar-refractivity contribution in [1.82, 2.24) is 4.57 Å². The van der Waals surface area contributed by atoms with E-state index in [1.54, 1.807) is 19.1 Å². The van der Waals surface area contributed by atoms with Crippen LogP contribution in [0.4, 0.5) is 8.78 Å². The zero-order chi connectivity index (χ0) is 18.1. The van der Waals surface area contributed by atoms with E-state index in [1.165, 1.54) is 31.4 Å². The molecule has 25 heavy (non-hydrogen) atoms. The molecule has 3 aromatic rings. The van der Waals surface area contributed by atoms with Gasteiger partial charge in [0, 0.05) is 23.7 Å². The highest BCUT2D eigenvalue weighted by atomic mass is 19.1. The Morgan fingerprint density at radius 1 is 1.20 bits per heavy atom. The standard InChI is InChI=1S/C19H17F2NO3/c1-11-14(8-19(23)24)15-7-18(25-2)16(21)9-17(15)22(11)10-12-3-5-13(20)6-4-12/h3-7,9H,8,10H2,1-2H3,(H,23,24). The molecule has 1 aromatic heterocycles. The third-order valence-electron chi connectivity index (χ3n) is 4.31. The number of benzene rings is 2. The van der Waals surface area contributed by atoms with Crippen molar-refractivity contribution in [3.8, 4) is 5.75 Å². The molecule has 0 aliphatic heterocycles. The number of aromatic nitrogens is 1. The number of fused-ring (bicyclic) bond motifs is 1. The maximum absolute atomic E-state index is 14.2. The highest BCUT2D eigenvalue weighted by Gasteiger charge is 2.19.